The highest BCUT2D eigenvalue weighted by atomic mass is 16.2. The van der Waals surface area contributed by atoms with Crippen LogP contribution in [0.25, 0.3) is 0 Å². The summed E-state index contributed by atoms with van der Waals surface area (Å²) in [6, 6.07) is 0.385. The molecule has 16 heavy (non-hydrogen) atoms. The molecule has 1 atom stereocenters. The van der Waals surface area contributed by atoms with Gasteiger partial charge in [0, 0.05) is 26.1 Å². The van der Waals surface area contributed by atoms with Gasteiger partial charge in [0.05, 0.1) is 0 Å². The van der Waals surface area contributed by atoms with E-state index in [0.717, 1.165) is 19.5 Å². The molecular formula is C12H25N3O. The highest BCUT2D eigenvalue weighted by Crippen LogP contribution is 2.16. The molecule has 1 aliphatic rings. The van der Waals surface area contributed by atoms with Crippen LogP contribution >= 0.6 is 0 Å². The number of carbonyl (C=O) groups excluding carboxylic acids is 1. The van der Waals surface area contributed by atoms with E-state index in [1.165, 1.54) is 6.42 Å². The van der Waals surface area contributed by atoms with Gasteiger partial charge in [0.25, 0.3) is 0 Å². The van der Waals surface area contributed by atoms with Crippen molar-refractivity contribution in [2.24, 2.45) is 11.1 Å². The van der Waals surface area contributed by atoms with Crippen LogP contribution in [0.4, 0.5) is 0 Å². The van der Waals surface area contributed by atoms with Gasteiger partial charge in [-0.1, -0.05) is 13.8 Å². The average molecular weight is 227 g/mol. The zero-order chi connectivity index (χ0) is 12.2. The Morgan fingerprint density at radius 3 is 2.75 bits per heavy atom. The highest BCUT2D eigenvalue weighted by Gasteiger charge is 2.24. The Morgan fingerprint density at radius 2 is 2.25 bits per heavy atom. The van der Waals surface area contributed by atoms with Crippen LogP contribution in [0.2, 0.25) is 0 Å². The minimum atomic E-state index is 0.00745. The summed E-state index contributed by atoms with van der Waals surface area (Å²) in [4.78, 5) is 13.8. The lowest BCUT2D eigenvalue weighted by molar-refractivity contribution is -0.131. The molecule has 1 rings (SSSR count). The van der Waals surface area contributed by atoms with Gasteiger partial charge < -0.3 is 16.0 Å². The third-order valence-corrected chi connectivity index (χ3v) is 3.23. The minimum absolute atomic E-state index is 0.00745. The molecule has 0 bridgehead atoms. The third-order valence-electron chi connectivity index (χ3n) is 3.23. The Balaban J connectivity index is 2.35. The molecule has 0 aromatic carbocycles. The lowest BCUT2D eigenvalue weighted by Gasteiger charge is -2.29. The summed E-state index contributed by atoms with van der Waals surface area (Å²) in [5.41, 5.74) is 5.68. The lowest BCUT2D eigenvalue weighted by Crippen LogP contribution is -2.41. The second-order valence-corrected chi connectivity index (χ2v) is 5.62. The van der Waals surface area contributed by atoms with Crippen molar-refractivity contribution in [1.82, 2.24) is 10.2 Å². The highest BCUT2D eigenvalue weighted by molar-refractivity contribution is 5.76. The van der Waals surface area contributed by atoms with Gasteiger partial charge in [0.2, 0.25) is 5.91 Å². The summed E-state index contributed by atoms with van der Waals surface area (Å²) in [6.07, 6.45) is 2.94. The molecule has 0 spiro atoms. The standard InChI is InChI=1S/C12H25N3O/c1-12(2,8-13)9-15(3)11(16)7-10-5-4-6-14-10/h10,14H,4-9,13H2,1-3H3. The SMILES string of the molecule is CN(CC(C)(C)CN)C(=O)CC1CCCN1. The molecule has 4 heteroatoms. The number of rotatable bonds is 5. The quantitative estimate of drug-likeness (QED) is 0.722. The summed E-state index contributed by atoms with van der Waals surface area (Å²) in [5.74, 6) is 0.223. The van der Waals surface area contributed by atoms with Crippen molar-refractivity contribution >= 4 is 5.91 Å². The fourth-order valence-corrected chi connectivity index (χ4v) is 2.09. The molecule has 1 amide bonds. The smallest absolute Gasteiger partial charge is 0.223 e. The Labute approximate surface area is 98.6 Å². The van der Waals surface area contributed by atoms with Crippen LogP contribution in [0.15, 0.2) is 0 Å². The maximum atomic E-state index is 11.9. The molecular weight excluding hydrogens is 202 g/mol. The zero-order valence-corrected chi connectivity index (χ0v) is 10.8. The Morgan fingerprint density at radius 1 is 1.56 bits per heavy atom. The molecule has 3 N–H and O–H groups in total. The molecule has 1 saturated heterocycles. The van der Waals surface area contributed by atoms with Crippen molar-refractivity contribution in [2.75, 3.05) is 26.7 Å². The van der Waals surface area contributed by atoms with E-state index in [1.54, 1.807) is 0 Å². The summed E-state index contributed by atoms with van der Waals surface area (Å²) < 4.78 is 0. The first kappa shape index (κ1) is 13.5. The van der Waals surface area contributed by atoms with Crippen LogP contribution in [-0.4, -0.2) is 43.5 Å². The van der Waals surface area contributed by atoms with E-state index in [1.807, 2.05) is 11.9 Å². The van der Waals surface area contributed by atoms with E-state index in [4.69, 9.17) is 5.73 Å². The largest absolute Gasteiger partial charge is 0.345 e. The molecule has 1 heterocycles. The number of nitrogens with one attached hydrogen (secondary N) is 1. The van der Waals surface area contributed by atoms with Crippen LogP contribution in [-0.2, 0) is 4.79 Å². The van der Waals surface area contributed by atoms with Gasteiger partial charge in [-0.15, -0.1) is 0 Å². The molecule has 4 nitrogen and oxygen atoms in total. The number of nitrogens with two attached hydrogens (primary N) is 1. The van der Waals surface area contributed by atoms with Gasteiger partial charge in [0.1, 0.15) is 0 Å². The first-order valence-corrected chi connectivity index (χ1v) is 6.12. The first-order valence-electron chi connectivity index (χ1n) is 6.12. The van der Waals surface area contributed by atoms with E-state index in [0.29, 0.717) is 19.0 Å². The van der Waals surface area contributed by atoms with Crippen LogP contribution in [0.5, 0.6) is 0 Å². The van der Waals surface area contributed by atoms with Crippen molar-refractivity contribution in [1.29, 1.82) is 0 Å². The van der Waals surface area contributed by atoms with Crippen molar-refractivity contribution < 1.29 is 4.79 Å². The summed E-state index contributed by atoms with van der Waals surface area (Å²) in [6.45, 7) is 6.56. The second-order valence-electron chi connectivity index (χ2n) is 5.62. The summed E-state index contributed by atoms with van der Waals surface area (Å²) in [5, 5.41) is 3.35. The zero-order valence-electron chi connectivity index (χ0n) is 10.8. The fourth-order valence-electron chi connectivity index (χ4n) is 2.09. The molecule has 1 aliphatic heterocycles. The fraction of sp³-hybridized carbons (Fsp3) is 0.917. The van der Waals surface area contributed by atoms with Crippen molar-refractivity contribution in [3.05, 3.63) is 0 Å². The van der Waals surface area contributed by atoms with Crippen LogP contribution in [0.3, 0.4) is 0 Å². The predicted octanol–water partition coefficient (Wildman–Crippen LogP) is 0.572. The van der Waals surface area contributed by atoms with E-state index < -0.39 is 0 Å². The molecule has 0 aromatic rings. The van der Waals surface area contributed by atoms with Gasteiger partial charge in [0.15, 0.2) is 0 Å². The van der Waals surface area contributed by atoms with Crippen LogP contribution < -0.4 is 11.1 Å². The predicted molar refractivity (Wildman–Crippen MR) is 66.1 cm³/mol. The van der Waals surface area contributed by atoms with Crippen LogP contribution in [0.1, 0.15) is 33.1 Å². The number of carbonyl (C=O) groups is 1. The Hall–Kier alpha value is -0.610. The average Bonchev–Trinajstić information content (AvgIpc) is 2.69. The first-order chi connectivity index (χ1) is 7.44. The lowest BCUT2D eigenvalue weighted by atomic mass is 9.93. The monoisotopic (exact) mass is 227 g/mol. The molecule has 0 aliphatic carbocycles. The molecule has 0 radical (unpaired) electrons. The van der Waals surface area contributed by atoms with Crippen molar-refractivity contribution in [3.8, 4) is 0 Å². The van der Waals surface area contributed by atoms with Gasteiger partial charge in [-0.05, 0) is 31.3 Å². The van der Waals surface area contributed by atoms with E-state index in [9.17, 15) is 4.79 Å². The Kier molecular flexibility index (Phi) is 4.74. The molecule has 0 saturated carbocycles. The molecule has 1 unspecified atom stereocenters. The number of amides is 1. The maximum Gasteiger partial charge on any atom is 0.223 e. The Bertz CT molecular complexity index is 234. The van der Waals surface area contributed by atoms with E-state index in [2.05, 4.69) is 19.2 Å². The topological polar surface area (TPSA) is 58.4 Å². The number of nitrogens with zero attached hydrogens (tertiary/aromatic N) is 1. The van der Waals surface area contributed by atoms with Gasteiger partial charge in [-0.25, -0.2) is 0 Å². The maximum absolute atomic E-state index is 11.9. The second kappa shape index (κ2) is 5.64. The number of hydrogen-bond acceptors (Lipinski definition) is 3. The third kappa shape index (κ3) is 4.10. The van der Waals surface area contributed by atoms with Gasteiger partial charge >= 0.3 is 0 Å². The van der Waals surface area contributed by atoms with Crippen molar-refractivity contribution in [2.45, 2.75) is 39.2 Å². The number of hydrogen-bond donors (Lipinski definition) is 2. The van der Waals surface area contributed by atoms with E-state index in [-0.39, 0.29) is 11.3 Å². The van der Waals surface area contributed by atoms with Crippen molar-refractivity contribution in [3.63, 3.8) is 0 Å². The molecule has 1 fully saturated rings. The van der Waals surface area contributed by atoms with Crippen LogP contribution in [0, 0.1) is 5.41 Å². The minimum Gasteiger partial charge on any atom is -0.345 e. The summed E-state index contributed by atoms with van der Waals surface area (Å²) in [7, 11) is 1.87. The van der Waals surface area contributed by atoms with Gasteiger partial charge in [-0.2, -0.15) is 0 Å². The molecule has 94 valence electrons. The summed E-state index contributed by atoms with van der Waals surface area (Å²) >= 11 is 0. The van der Waals surface area contributed by atoms with Gasteiger partial charge in [-0.3, -0.25) is 4.79 Å². The molecule has 0 aromatic heterocycles. The normalized spacial score (nSPS) is 21.1. The van der Waals surface area contributed by atoms with E-state index >= 15 is 0 Å².